The molecular weight excluding hydrogens is 294 g/mol. The third-order valence-electron chi connectivity index (χ3n) is 4.08. The van der Waals surface area contributed by atoms with E-state index in [-0.39, 0.29) is 30.3 Å². The molecular formula is C17H23N3O3. The van der Waals surface area contributed by atoms with E-state index in [9.17, 15) is 14.4 Å². The Morgan fingerprint density at radius 3 is 2.48 bits per heavy atom. The van der Waals surface area contributed by atoms with Crippen molar-refractivity contribution in [3.63, 3.8) is 0 Å². The molecule has 1 aromatic carbocycles. The Kier molecular flexibility index (Phi) is 5.36. The van der Waals surface area contributed by atoms with Crippen molar-refractivity contribution in [1.82, 2.24) is 15.5 Å². The lowest BCUT2D eigenvalue weighted by Gasteiger charge is -2.19. The minimum Gasteiger partial charge on any atom is -0.352 e. The van der Waals surface area contributed by atoms with Gasteiger partial charge in [-0.1, -0.05) is 44.2 Å². The second kappa shape index (κ2) is 7.26. The van der Waals surface area contributed by atoms with Crippen molar-refractivity contribution in [2.75, 3.05) is 6.54 Å². The zero-order valence-corrected chi connectivity index (χ0v) is 13.7. The molecule has 0 bridgehead atoms. The molecule has 0 aromatic heterocycles. The molecule has 0 aliphatic carbocycles. The number of hydrogen-bond donors (Lipinski definition) is 2. The van der Waals surface area contributed by atoms with Crippen molar-refractivity contribution in [1.29, 1.82) is 0 Å². The van der Waals surface area contributed by atoms with Crippen molar-refractivity contribution in [2.45, 2.75) is 39.3 Å². The second-order valence-corrected chi connectivity index (χ2v) is 6.22. The molecule has 6 nitrogen and oxygen atoms in total. The highest BCUT2D eigenvalue weighted by molar-refractivity contribution is 6.06. The lowest BCUT2D eigenvalue weighted by molar-refractivity contribution is -0.132. The van der Waals surface area contributed by atoms with E-state index in [0.717, 1.165) is 10.5 Å². The van der Waals surface area contributed by atoms with E-state index in [4.69, 9.17) is 0 Å². The quantitative estimate of drug-likeness (QED) is 0.777. The molecule has 2 N–H and O–H groups in total. The average Bonchev–Trinajstić information content (AvgIpc) is 2.75. The second-order valence-electron chi connectivity index (χ2n) is 6.22. The van der Waals surface area contributed by atoms with Crippen LogP contribution in [0.5, 0.6) is 0 Å². The van der Waals surface area contributed by atoms with E-state index in [1.54, 1.807) is 0 Å². The van der Waals surface area contributed by atoms with Crippen molar-refractivity contribution < 1.29 is 14.4 Å². The van der Waals surface area contributed by atoms with Crippen molar-refractivity contribution >= 4 is 17.8 Å². The smallest absolute Gasteiger partial charge is 0.325 e. The molecule has 0 saturated carbocycles. The van der Waals surface area contributed by atoms with Gasteiger partial charge < -0.3 is 10.6 Å². The fourth-order valence-electron chi connectivity index (χ4n) is 2.32. The SMILES string of the molecule is CC(C)C(C)NC(=O)CN1C(=O)NC(Cc2ccccc2)C1=O. The predicted molar refractivity (Wildman–Crippen MR) is 86.6 cm³/mol. The topological polar surface area (TPSA) is 78.5 Å². The normalized spacial score (nSPS) is 19.0. The van der Waals surface area contributed by atoms with Gasteiger partial charge in [-0.2, -0.15) is 0 Å². The number of nitrogens with zero attached hydrogens (tertiary/aromatic N) is 1. The number of urea groups is 1. The summed E-state index contributed by atoms with van der Waals surface area (Å²) in [5.41, 5.74) is 0.964. The van der Waals surface area contributed by atoms with E-state index in [1.807, 2.05) is 51.1 Å². The molecule has 1 aromatic rings. The molecule has 2 rings (SSSR count). The predicted octanol–water partition coefficient (Wildman–Crippen LogP) is 1.31. The van der Waals surface area contributed by atoms with Crippen LogP contribution in [0.15, 0.2) is 30.3 Å². The minimum absolute atomic E-state index is 0.0108. The van der Waals surface area contributed by atoms with Crippen LogP contribution < -0.4 is 10.6 Å². The number of carbonyl (C=O) groups excluding carboxylic acids is 3. The molecule has 0 radical (unpaired) electrons. The molecule has 1 fully saturated rings. The number of hydrogen-bond acceptors (Lipinski definition) is 3. The first-order chi connectivity index (χ1) is 10.9. The molecule has 0 spiro atoms. The van der Waals surface area contributed by atoms with Crippen molar-refractivity contribution in [3.8, 4) is 0 Å². The van der Waals surface area contributed by atoms with Crippen LogP contribution in [0.4, 0.5) is 4.79 Å². The van der Waals surface area contributed by atoms with Gasteiger partial charge in [0.15, 0.2) is 0 Å². The molecule has 1 aliphatic rings. The number of imide groups is 1. The van der Waals surface area contributed by atoms with Gasteiger partial charge in [-0.25, -0.2) is 4.79 Å². The fraction of sp³-hybridized carbons (Fsp3) is 0.471. The Balaban J connectivity index is 1.95. The number of nitrogens with one attached hydrogen (secondary N) is 2. The zero-order chi connectivity index (χ0) is 17.0. The van der Waals surface area contributed by atoms with Gasteiger partial charge in [0.1, 0.15) is 12.6 Å². The zero-order valence-electron chi connectivity index (χ0n) is 13.7. The van der Waals surface area contributed by atoms with E-state index < -0.39 is 12.1 Å². The van der Waals surface area contributed by atoms with Crippen LogP contribution >= 0.6 is 0 Å². The Morgan fingerprint density at radius 2 is 1.87 bits per heavy atom. The van der Waals surface area contributed by atoms with Crippen molar-refractivity contribution in [3.05, 3.63) is 35.9 Å². The highest BCUT2D eigenvalue weighted by Crippen LogP contribution is 2.12. The van der Waals surface area contributed by atoms with E-state index in [0.29, 0.717) is 6.42 Å². The monoisotopic (exact) mass is 317 g/mol. The van der Waals surface area contributed by atoms with Crippen LogP contribution in [0.3, 0.4) is 0 Å². The Morgan fingerprint density at radius 1 is 1.22 bits per heavy atom. The summed E-state index contributed by atoms with van der Waals surface area (Å²) < 4.78 is 0. The minimum atomic E-state index is -0.611. The molecule has 1 aliphatic heterocycles. The third-order valence-corrected chi connectivity index (χ3v) is 4.08. The van der Waals surface area contributed by atoms with Crippen LogP contribution in [0.1, 0.15) is 26.3 Å². The summed E-state index contributed by atoms with van der Waals surface area (Å²) in [6, 6.07) is 8.33. The first-order valence-corrected chi connectivity index (χ1v) is 7.83. The summed E-state index contributed by atoms with van der Waals surface area (Å²) in [5.74, 6) is -0.394. The average molecular weight is 317 g/mol. The summed E-state index contributed by atoms with van der Waals surface area (Å²) in [6.07, 6.45) is 0.423. The highest BCUT2D eigenvalue weighted by Gasteiger charge is 2.38. The lowest BCUT2D eigenvalue weighted by atomic mass is 10.1. The molecule has 2 atom stereocenters. The summed E-state index contributed by atoms with van der Waals surface area (Å²) in [5, 5.41) is 5.44. The molecule has 6 heteroatoms. The fourth-order valence-corrected chi connectivity index (χ4v) is 2.32. The summed E-state index contributed by atoms with van der Waals surface area (Å²) in [4.78, 5) is 37.3. The third kappa shape index (κ3) is 4.31. The standard InChI is InChI=1S/C17H23N3O3/c1-11(2)12(3)18-15(21)10-20-16(22)14(19-17(20)23)9-13-7-5-4-6-8-13/h4-8,11-12,14H,9-10H2,1-3H3,(H,18,21)(H,19,23). The lowest BCUT2D eigenvalue weighted by Crippen LogP contribution is -2.45. The molecule has 124 valence electrons. The van der Waals surface area contributed by atoms with Gasteiger partial charge in [-0.3, -0.25) is 14.5 Å². The van der Waals surface area contributed by atoms with Gasteiger partial charge in [-0.15, -0.1) is 0 Å². The van der Waals surface area contributed by atoms with Crippen LogP contribution in [-0.2, 0) is 16.0 Å². The molecule has 23 heavy (non-hydrogen) atoms. The van der Waals surface area contributed by atoms with Crippen molar-refractivity contribution in [2.24, 2.45) is 5.92 Å². The maximum absolute atomic E-state index is 12.3. The van der Waals surface area contributed by atoms with Gasteiger partial charge in [0.25, 0.3) is 5.91 Å². The van der Waals surface area contributed by atoms with Crippen LogP contribution in [0, 0.1) is 5.92 Å². The van der Waals surface area contributed by atoms with Crippen LogP contribution in [0.2, 0.25) is 0 Å². The van der Waals surface area contributed by atoms with E-state index in [2.05, 4.69) is 10.6 Å². The van der Waals surface area contributed by atoms with Gasteiger partial charge in [0.05, 0.1) is 0 Å². The Hall–Kier alpha value is -2.37. The van der Waals surface area contributed by atoms with Crippen LogP contribution in [0.25, 0.3) is 0 Å². The maximum Gasteiger partial charge on any atom is 0.325 e. The molecule has 1 saturated heterocycles. The first-order valence-electron chi connectivity index (χ1n) is 7.83. The summed E-state index contributed by atoms with van der Waals surface area (Å²) >= 11 is 0. The summed E-state index contributed by atoms with van der Waals surface area (Å²) in [7, 11) is 0. The molecule has 4 amide bonds. The van der Waals surface area contributed by atoms with E-state index >= 15 is 0 Å². The number of rotatable bonds is 6. The first kappa shape index (κ1) is 17.0. The van der Waals surface area contributed by atoms with Crippen LogP contribution in [-0.4, -0.2) is 41.4 Å². The number of carbonyl (C=O) groups is 3. The van der Waals surface area contributed by atoms with Gasteiger partial charge in [-0.05, 0) is 18.4 Å². The van der Waals surface area contributed by atoms with Gasteiger partial charge in [0, 0.05) is 12.5 Å². The van der Waals surface area contributed by atoms with E-state index in [1.165, 1.54) is 0 Å². The number of benzene rings is 1. The van der Waals surface area contributed by atoms with Gasteiger partial charge >= 0.3 is 6.03 Å². The highest BCUT2D eigenvalue weighted by atomic mass is 16.2. The number of amides is 4. The summed E-state index contributed by atoms with van der Waals surface area (Å²) in [6.45, 7) is 5.64. The van der Waals surface area contributed by atoms with Gasteiger partial charge in [0.2, 0.25) is 5.91 Å². The molecule has 2 unspecified atom stereocenters. The maximum atomic E-state index is 12.3. The Labute approximate surface area is 136 Å². The largest absolute Gasteiger partial charge is 0.352 e. The molecule has 1 heterocycles. The Bertz CT molecular complexity index is 586.